The van der Waals surface area contributed by atoms with Gasteiger partial charge in [0.1, 0.15) is 0 Å². The van der Waals surface area contributed by atoms with Crippen molar-refractivity contribution in [2.75, 3.05) is 19.6 Å². The van der Waals surface area contributed by atoms with Crippen molar-refractivity contribution in [3.63, 3.8) is 0 Å². The Kier molecular flexibility index (Phi) is 4.57. The topological polar surface area (TPSA) is 82.8 Å². The molecular weight excluding hydrogens is 248 g/mol. The van der Waals surface area contributed by atoms with E-state index in [1.807, 2.05) is 4.90 Å². The summed E-state index contributed by atoms with van der Waals surface area (Å²) in [7, 11) is 0. The standard InChI is InChI=1S/C13H18N2O4/c16-11(15-6-1-2-7-15)3-5-14-9-10-4-8-19-12(10)13(17)18/h4,8,14H,1-3,5-7,9H2,(H,17,18). The second kappa shape index (κ2) is 6.38. The van der Waals surface area contributed by atoms with Crippen LogP contribution < -0.4 is 5.32 Å². The molecule has 0 bridgehead atoms. The zero-order chi connectivity index (χ0) is 13.7. The van der Waals surface area contributed by atoms with Crippen molar-refractivity contribution in [3.8, 4) is 0 Å². The van der Waals surface area contributed by atoms with Crippen LogP contribution in [-0.4, -0.2) is 41.5 Å². The lowest BCUT2D eigenvalue weighted by Crippen LogP contribution is -2.30. The fraction of sp³-hybridized carbons (Fsp3) is 0.538. The van der Waals surface area contributed by atoms with E-state index in [1.54, 1.807) is 6.07 Å². The molecule has 104 valence electrons. The molecular formula is C13H18N2O4. The monoisotopic (exact) mass is 266 g/mol. The van der Waals surface area contributed by atoms with Gasteiger partial charge in [-0.15, -0.1) is 0 Å². The van der Waals surface area contributed by atoms with Gasteiger partial charge in [-0.1, -0.05) is 0 Å². The summed E-state index contributed by atoms with van der Waals surface area (Å²) in [6.07, 6.45) is 3.99. The number of likely N-dealkylation sites (tertiary alicyclic amines) is 1. The van der Waals surface area contributed by atoms with Crippen molar-refractivity contribution < 1.29 is 19.1 Å². The number of carboxylic acids is 1. The molecule has 1 amide bonds. The zero-order valence-corrected chi connectivity index (χ0v) is 10.7. The predicted octanol–water partition coefficient (Wildman–Crippen LogP) is 1.08. The summed E-state index contributed by atoms with van der Waals surface area (Å²) in [6, 6.07) is 1.62. The smallest absolute Gasteiger partial charge is 0.372 e. The minimum absolute atomic E-state index is 0.0432. The third-order valence-corrected chi connectivity index (χ3v) is 3.23. The molecule has 6 nitrogen and oxygen atoms in total. The lowest BCUT2D eigenvalue weighted by Gasteiger charge is -2.15. The highest BCUT2D eigenvalue weighted by Crippen LogP contribution is 2.10. The molecule has 19 heavy (non-hydrogen) atoms. The molecule has 2 rings (SSSR count). The van der Waals surface area contributed by atoms with Gasteiger partial charge < -0.3 is 19.7 Å². The van der Waals surface area contributed by atoms with Gasteiger partial charge in [-0.2, -0.15) is 0 Å². The SMILES string of the molecule is O=C(O)c1occc1CNCCC(=O)N1CCCC1. The molecule has 1 fully saturated rings. The van der Waals surface area contributed by atoms with Crippen molar-refractivity contribution in [1.82, 2.24) is 10.2 Å². The highest BCUT2D eigenvalue weighted by atomic mass is 16.4. The van der Waals surface area contributed by atoms with Crippen LogP contribution in [0.5, 0.6) is 0 Å². The molecule has 1 aromatic rings. The molecule has 0 spiro atoms. The van der Waals surface area contributed by atoms with Gasteiger partial charge >= 0.3 is 5.97 Å². The summed E-state index contributed by atoms with van der Waals surface area (Å²) in [6.45, 7) is 2.67. The summed E-state index contributed by atoms with van der Waals surface area (Å²) in [5, 5.41) is 11.9. The average molecular weight is 266 g/mol. The molecule has 2 heterocycles. The molecule has 1 aliphatic heterocycles. The van der Waals surface area contributed by atoms with Crippen LogP contribution in [0, 0.1) is 0 Å². The van der Waals surface area contributed by atoms with Gasteiger partial charge in [-0.05, 0) is 18.9 Å². The third kappa shape index (κ3) is 3.57. The predicted molar refractivity (Wildman–Crippen MR) is 67.8 cm³/mol. The molecule has 1 saturated heterocycles. The number of amides is 1. The van der Waals surface area contributed by atoms with Crippen LogP contribution in [0.2, 0.25) is 0 Å². The van der Waals surface area contributed by atoms with Crippen molar-refractivity contribution in [1.29, 1.82) is 0 Å². The van der Waals surface area contributed by atoms with Crippen LogP contribution in [0.3, 0.4) is 0 Å². The van der Waals surface area contributed by atoms with Gasteiger partial charge in [0.2, 0.25) is 11.7 Å². The van der Waals surface area contributed by atoms with Crippen LogP contribution in [0.4, 0.5) is 0 Å². The first-order valence-corrected chi connectivity index (χ1v) is 6.46. The number of furan rings is 1. The minimum atomic E-state index is -1.07. The average Bonchev–Trinajstić information content (AvgIpc) is 3.04. The van der Waals surface area contributed by atoms with E-state index in [2.05, 4.69) is 5.32 Å². The van der Waals surface area contributed by atoms with E-state index in [-0.39, 0.29) is 11.7 Å². The third-order valence-electron chi connectivity index (χ3n) is 3.23. The summed E-state index contributed by atoms with van der Waals surface area (Å²) in [5.41, 5.74) is 0.598. The van der Waals surface area contributed by atoms with E-state index in [1.165, 1.54) is 6.26 Å². The highest BCUT2D eigenvalue weighted by Gasteiger charge is 2.17. The number of carbonyl (C=O) groups is 2. The lowest BCUT2D eigenvalue weighted by atomic mass is 10.2. The number of hydrogen-bond donors (Lipinski definition) is 2. The number of nitrogens with zero attached hydrogens (tertiary/aromatic N) is 1. The maximum absolute atomic E-state index is 11.8. The van der Waals surface area contributed by atoms with E-state index in [4.69, 9.17) is 9.52 Å². The van der Waals surface area contributed by atoms with E-state index in [0.717, 1.165) is 25.9 Å². The van der Waals surface area contributed by atoms with Crippen molar-refractivity contribution in [2.45, 2.75) is 25.8 Å². The van der Waals surface area contributed by atoms with Crippen LogP contribution in [0.15, 0.2) is 16.7 Å². The van der Waals surface area contributed by atoms with E-state index in [9.17, 15) is 9.59 Å². The number of aromatic carboxylic acids is 1. The molecule has 1 aliphatic rings. The highest BCUT2D eigenvalue weighted by molar-refractivity contribution is 5.86. The Morgan fingerprint density at radius 1 is 1.37 bits per heavy atom. The Labute approximate surface area is 111 Å². The van der Waals surface area contributed by atoms with Gasteiger partial charge in [0.05, 0.1) is 6.26 Å². The van der Waals surface area contributed by atoms with E-state index in [0.29, 0.717) is 25.1 Å². The quantitative estimate of drug-likeness (QED) is 0.753. The summed E-state index contributed by atoms with van der Waals surface area (Å²) in [4.78, 5) is 24.4. The summed E-state index contributed by atoms with van der Waals surface area (Å²) in [5.74, 6) is -0.955. The Hall–Kier alpha value is -1.82. The van der Waals surface area contributed by atoms with E-state index < -0.39 is 5.97 Å². The second-order valence-corrected chi connectivity index (χ2v) is 4.59. The van der Waals surface area contributed by atoms with Crippen LogP contribution >= 0.6 is 0 Å². The van der Waals surface area contributed by atoms with Gasteiger partial charge in [-0.25, -0.2) is 4.79 Å². The number of rotatable bonds is 6. The molecule has 2 N–H and O–H groups in total. The Bertz CT molecular complexity index is 449. The maximum atomic E-state index is 11.8. The maximum Gasteiger partial charge on any atom is 0.372 e. The zero-order valence-electron chi connectivity index (χ0n) is 10.7. The van der Waals surface area contributed by atoms with Crippen molar-refractivity contribution in [3.05, 3.63) is 23.7 Å². The molecule has 0 atom stereocenters. The van der Waals surface area contributed by atoms with Gasteiger partial charge in [0, 0.05) is 38.2 Å². The van der Waals surface area contributed by atoms with Gasteiger partial charge in [0.15, 0.2) is 0 Å². The molecule has 0 unspecified atom stereocenters. The van der Waals surface area contributed by atoms with Crippen LogP contribution in [0.1, 0.15) is 35.4 Å². The fourth-order valence-corrected chi connectivity index (χ4v) is 2.21. The number of carbonyl (C=O) groups excluding carboxylic acids is 1. The summed E-state index contributed by atoms with van der Waals surface area (Å²) < 4.78 is 4.87. The van der Waals surface area contributed by atoms with Crippen molar-refractivity contribution in [2.24, 2.45) is 0 Å². The molecule has 1 aromatic heterocycles. The molecule has 0 aliphatic carbocycles. The first-order valence-electron chi connectivity index (χ1n) is 6.46. The van der Waals surface area contributed by atoms with Gasteiger partial charge in [0.25, 0.3) is 0 Å². The van der Waals surface area contributed by atoms with Crippen molar-refractivity contribution >= 4 is 11.9 Å². The normalized spacial score (nSPS) is 14.8. The van der Waals surface area contributed by atoms with Crippen LogP contribution in [0.25, 0.3) is 0 Å². The molecule has 0 aromatic carbocycles. The Morgan fingerprint density at radius 3 is 2.79 bits per heavy atom. The van der Waals surface area contributed by atoms with E-state index >= 15 is 0 Å². The molecule has 0 saturated carbocycles. The largest absolute Gasteiger partial charge is 0.475 e. The number of hydrogen-bond acceptors (Lipinski definition) is 4. The first kappa shape index (κ1) is 13.6. The van der Waals surface area contributed by atoms with Gasteiger partial charge in [-0.3, -0.25) is 4.79 Å². The summed E-state index contributed by atoms with van der Waals surface area (Å²) >= 11 is 0. The number of carboxylic acid groups (broad SMARTS) is 1. The lowest BCUT2D eigenvalue weighted by molar-refractivity contribution is -0.130. The first-order chi connectivity index (χ1) is 9.18. The number of nitrogens with one attached hydrogen (secondary N) is 1. The van der Waals surface area contributed by atoms with Crippen LogP contribution in [-0.2, 0) is 11.3 Å². The molecule has 6 heteroatoms. The molecule has 0 radical (unpaired) electrons. The Balaban J connectivity index is 1.70. The Morgan fingerprint density at radius 2 is 2.11 bits per heavy atom. The minimum Gasteiger partial charge on any atom is -0.475 e. The second-order valence-electron chi connectivity index (χ2n) is 4.59. The fourth-order valence-electron chi connectivity index (χ4n) is 2.21.